The fourth-order valence-electron chi connectivity index (χ4n) is 4.41. The third-order valence-corrected chi connectivity index (χ3v) is 6.28. The second kappa shape index (κ2) is 9.92. The Hall–Kier alpha value is -3.41. The van der Waals surface area contributed by atoms with Gasteiger partial charge in [-0.15, -0.1) is 0 Å². The number of carbonyl (C=O) groups is 1. The first-order valence-corrected chi connectivity index (χ1v) is 11.6. The molecule has 0 saturated carbocycles. The zero-order valence-corrected chi connectivity index (χ0v) is 19.6. The lowest BCUT2D eigenvalue weighted by molar-refractivity contribution is -0.137. The zero-order valence-electron chi connectivity index (χ0n) is 18.7. The second-order valence-electron chi connectivity index (χ2n) is 8.47. The van der Waals surface area contributed by atoms with Crippen molar-refractivity contribution in [3.8, 4) is 0 Å². The number of hydrogen-bond acceptors (Lipinski definition) is 5. The lowest BCUT2D eigenvalue weighted by Crippen LogP contribution is -2.46. The van der Waals surface area contributed by atoms with E-state index in [0.29, 0.717) is 5.11 Å². The molecule has 0 aromatic heterocycles. The van der Waals surface area contributed by atoms with E-state index in [9.17, 15) is 18.0 Å². The van der Waals surface area contributed by atoms with E-state index in [4.69, 9.17) is 26.4 Å². The third-order valence-electron chi connectivity index (χ3n) is 6.06. The van der Waals surface area contributed by atoms with Gasteiger partial charge >= 0.3 is 12.3 Å². The van der Waals surface area contributed by atoms with Gasteiger partial charge in [-0.3, -0.25) is 5.32 Å². The zero-order chi connectivity index (χ0) is 25.3. The van der Waals surface area contributed by atoms with Gasteiger partial charge in [0.25, 0.3) is 0 Å². The topological polar surface area (TPSA) is 80.9 Å². The first kappa shape index (κ1) is 24.3. The first-order valence-electron chi connectivity index (χ1n) is 11.2. The third kappa shape index (κ3) is 5.23. The van der Waals surface area contributed by atoms with Gasteiger partial charge in [0.15, 0.2) is 11.2 Å². The van der Waals surface area contributed by atoms with Crippen molar-refractivity contribution >= 4 is 45.6 Å². The van der Waals surface area contributed by atoms with Crippen LogP contribution in [0.5, 0.6) is 0 Å². The number of hydrogen-bond donors (Lipinski definition) is 3. The Morgan fingerprint density at radius 1 is 0.944 bits per heavy atom. The molecule has 2 aliphatic heterocycles. The number of halogens is 3. The van der Waals surface area contributed by atoms with Crippen molar-refractivity contribution in [1.82, 2.24) is 5.32 Å². The van der Waals surface area contributed by atoms with Gasteiger partial charge in [-0.2, -0.15) is 13.2 Å². The smallest absolute Gasteiger partial charge is 0.416 e. The maximum absolute atomic E-state index is 12.9. The highest BCUT2D eigenvalue weighted by molar-refractivity contribution is 7.80. The molecule has 2 saturated heterocycles. The van der Waals surface area contributed by atoms with Gasteiger partial charge in [0, 0.05) is 16.8 Å². The van der Waals surface area contributed by atoms with Crippen LogP contribution in [0.3, 0.4) is 0 Å². The maximum Gasteiger partial charge on any atom is 0.416 e. The van der Waals surface area contributed by atoms with E-state index in [1.54, 1.807) is 0 Å². The summed E-state index contributed by atoms with van der Waals surface area (Å²) in [6.45, 7) is 0.370. The number of fused-ring (bicyclic) bond motifs is 2. The summed E-state index contributed by atoms with van der Waals surface area (Å²) in [6.07, 6.45) is -7.07. The summed E-state index contributed by atoms with van der Waals surface area (Å²) >= 11 is 5.50. The van der Waals surface area contributed by atoms with Crippen LogP contribution in [0, 0.1) is 0 Å². The summed E-state index contributed by atoms with van der Waals surface area (Å²) in [5.41, 5.74) is -0.0337. The highest BCUT2D eigenvalue weighted by Gasteiger charge is 2.49. The van der Waals surface area contributed by atoms with Crippen molar-refractivity contribution in [1.29, 1.82) is 0 Å². The standard InChI is InChI=1S/C25H22F3N3O4S/c26-25(27,28)15-7-4-8-16(11-15)29-24(32)35-20-13-34-21-19(12-33-22(20)21)31-23(36)30-18-10-3-6-14-5-1-2-9-17(14)18/h1-11,19-22H,12-13H2,(H,29,32)(H2,30,31,36)/t19-,20+,21+,22+/m0/s1. The molecular weight excluding hydrogens is 495 g/mol. The normalized spacial score (nSPS) is 23.2. The van der Waals surface area contributed by atoms with Gasteiger partial charge in [-0.1, -0.05) is 42.5 Å². The largest absolute Gasteiger partial charge is 0.441 e. The van der Waals surface area contributed by atoms with Crippen molar-refractivity contribution in [3.05, 3.63) is 72.3 Å². The molecule has 11 heteroatoms. The number of rotatable bonds is 4. The number of anilines is 2. The molecule has 2 aliphatic rings. The molecule has 0 bridgehead atoms. The fraction of sp³-hybridized carbons (Fsp3) is 0.280. The van der Waals surface area contributed by atoms with Crippen LogP contribution in [-0.4, -0.2) is 48.8 Å². The minimum Gasteiger partial charge on any atom is -0.441 e. The SMILES string of the molecule is O=C(Nc1cccc(C(F)(F)F)c1)O[C@@H]1CO[C@H]2[C@@H]1OC[C@@H]2NC(=S)Nc1cccc2ccccc12. The van der Waals surface area contributed by atoms with E-state index in [0.717, 1.165) is 28.6 Å². The molecule has 7 nitrogen and oxygen atoms in total. The summed E-state index contributed by atoms with van der Waals surface area (Å²) < 4.78 is 55.7. The summed E-state index contributed by atoms with van der Waals surface area (Å²) in [5, 5.41) is 11.3. The Morgan fingerprint density at radius 3 is 2.53 bits per heavy atom. The molecule has 0 unspecified atom stereocenters. The Balaban J connectivity index is 1.16. The van der Waals surface area contributed by atoms with Crippen LogP contribution in [0.1, 0.15) is 5.56 Å². The van der Waals surface area contributed by atoms with Crippen LogP contribution in [0.4, 0.5) is 29.3 Å². The van der Waals surface area contributed by atoms with E-state index in [1.807, 2.05) is 42.5 Å². The molecule has 4 atom stereocenters. The summed E-state index contributed by atoms with van der Waals surface area (Å²) in [4.78, 5) is 12.3. The van der Waals surface area contributed by atoms with Crippen molar-refractivity contribution < 1.29 is 32.2 Å². The number of thiocarbonyl (C=S) groups is 1. The molecule has 5 rings (SSSR count). The van der Waals surface area contributed by atoms with E-state index in [2.05, 4.69) is 16.0 Å². The highest BCUT2D eigenvalue weighted by Crippen LogP contribution is 2.32. The van der Waals surface area contributed by atoms with Gasteiger partial charge in [-0.05, 0) is 41.9 Å². The van der Waals surface area contributed by atoms with Gasteiger partial charge < -0.3 is 24.8 Å². The molecule has 3 N–H and O–H groups in total. The van der Waals surface area contributed by atoms with Crippen LogP contribution in [0.15, 0.2) is 66.7 Å². The highest BCUT2D eigenvalue weighted by atomic mass is 32.1. The van der Waals surface area contributed by atoms with Crippen molar-refractivity contribution in [2.45, 2.75) is 30.5 Å². The Bertz CT molecular complexity index is 1280. The van der Waals surface area contributed by atoms with Crippen LogP contribution in [0.2, 0.25) is 0 Å². The summed E-state index contributed by atoms with van der Waals surface area (Å²) in [6, 6.07) is 17.9. The number of nitrogens with one attached hydrogen (secondary N) is 3. The van der Waals surface area contributed by atoms with E-state index in [-0.39, 0.29) is 24.9 Å². The van der Waals surface area contributed by atoms with Gasteiger partial charge in [0.2, 0.25) is 0 Å². The number of ether oxygens (including phenoxy) is 3. The Kier molecular flexibility index (Phi) is 6.69. The van der Waals surface area contributed by atoms with Crippen molar-refractivity contribution in [2.75, 3.05) is 23.8 Å². The monoisotopic (exact) mass is 517 g/mol. The van der Waals surface area contributed by atoms with E-state index in [1.165, 1.54) is 12.1 Å². The predicted molar refractivity (Wildman–Crippen MR) is 132 cm³/mol. The average Bonchev–Trinajstić information content (AvgIpc) is 3.42. The predicted octanol–water partition coefficient (Wildman–Crippen LogP) is 4.93. The molecule has 0 spiro atoms. The van der Waals surface area contributed by atoms with Crippen molar-refractivity contribution in [3.63, 3.8) is 0 Å². The molecule has 36 heavy (non-hydrogen) atoms. The van der Waals surface area contributed by atoms with Gasteiger partial charge in [0.1, 0.15) is 12.2 Å². The summed E-state index contributed by atoms with van der Waals surface area (Å²) in [5.74, 6) is 0. The van der Waals surface area contributed by atoms with Crippen LogP contribution < -0.4 is 16.0 Å². The molecule has 188 valence electrons. The minimum atomic E-state index is -4.52. The maximum atomic E-state index is 12.9. The second-order valence-corrected chi connectivity index (χ2v) is 8.88. The molecule has 2 fully saturated rings. The van der Waals surface area contributed by atoms with Crippen molar-refractivity contribution in [2.24, 2.45) is 0 Å². The first-order chi connectivity index (χ1) is 17.3. The van der Waals surface area contributed by atoms with Crippen LogP contribution >= 0.6 is 12.2 Å². The quantitative estimate of drug-likeness (QED) is 0.424. The number of carbonyl (C=O) groups excluding carboxylic acids is 1. The lowest BCUT2D eigenvalue weighted by atomic mass is 10.1. The lowest BCUT2D eigenvalue weighted by Gasteiger charge is -2.20. The number of alkyl halides is 3. The van der Waals surface area contributed by atoms with Crippen LogP contribution in [-0.2, 0) is 20.4 Å². The number of amides is 1. The van der Waals surface area contributed by atoms with E-state index < -0.39 is 36.1 Å². The minimum absolute atomic E-state index is 0.0259. The molecule has 0 aliphatic carbocycles. The summed E-state index contributed by atoms with van der Waals surface area (Å²) in [7, 11) is 0. The molecule has 3 aromatic carbocycles. The molecule has 3 aromatic rings. The Morgan fingerprint density at radius 2 is 1.69 bits per heavy atom. The van der Waals surface area contributed by atoms with Gasteiger partial charge in [-0.25, -0.2) is 4.79 Å². The molecule has 1 amide bonds. The van der Waals surface area contributed by atoms with E-state index >= 15 is 0 Å². The fourth-order valence-corrected chi connectivity index (χ4v) is 4.67. The molecular formula is C25H22F3N3O4S. The average molecular weight is 518 g/mol. The van der Waals surface area contributed by atoms with Gasteiger partial charge in [0.05, 0.1) is 24.8 Å². The molecule has 0 radical (unpaired) electrons. The molecule has 2 heterocycles. The van der Waals surface area contributed by atoms with Crippen LogP contribution in [0.25, 0.3) is 10.8 Å². The Labute approximate surface area is 209 Å². The number of benzene rings is 3.